The first-order valence-electron chi connectivity index (χ1n) is 8.36. The summed E-state index contributed by atoms with van der Waals surface area (Å²) in [5.74, 6) is 0.0723. The number of nitrogens with one attached hydrogen (secondary N) is 1. The highest BCUT2D eigenvalue weighted by molar-refractivity contribution is 5.88. The predicted molar refractivity (Wildman–Crippen MR) is 97.3 cm³/mol. The number of aromatic nitrogens is 1. The number of rotatable bonds is 6. The summed E-state index contributed by atoms with van der Waals surface area (Å²) in [5.41, 5.74) is 0.739. The Balaban J connectivity index is 2.11. The lowest BCUT2D eigenvalue weighted by atomic mass is 10.1. The minimum absolute atomic E-state index is 0.227. The summed E-state index contributed by atoms with van der Waals surface area (Å²) in [6.45, 7) is 5.08. The van der Waals surface area contributed by atoms with Crippen LogP contribution in [-0.4, -0.2) is 29.1 Å². The zero-order chi connectivity index (χ0) is 18.4. The van der Waals surface area contributed by atoms with Crippen LogP contribution in [0.2, 0.25) is 0 Å². The number of hydrogen-bond donors (Lipinski definition) is 1. The number of carbonyl (C=O) groups excluding carboxylic acids is 1. The number of carbonyl (C=O) groups is 1. The van der Waals surface area contributed by atoms with Gasteiger partial charge in [0, 0.05) is 19.8 Å². The molecule has 1 atom stereocenters. The smallest absolute Gasteiger partial charge is 0.321 e. The highest BCUT2D eigenvalue weighted by atomic mass is 19.1. The predicted octanol–water partition coefficient (Wildman–Crippen LogP) is 3.55. The fraction of sp³-hybridized carbons (Fsp3) is 0.368. The minimum Gasteiger partial charge on any atom is -0.327 e. The van der Waals surface area contributed by atoms with E-state index in [0.717, 1.165) is 12.0 Å². The maximum absolute atomic E-state index is 13.0. The number of halogens is 1. The maximum atomic E-state index is 13.0. The molecule has 1 aromatic heterocycles. The second kappa shape index (κ2) is 8.46. The van der Waals surface area contributed by atoms with Crippen LogP contribution in [0.3, 0.4) is 0 Å². The molecule has 0 bridgehead atoms. The fourth-order valence-electron chi connectivity index (χ4n) is 2.43. The molecule has 0 spiro atoms. The van der Waals surface area contributed by atoms with Crippen LogP contribution < -0.4 is 10.9 Å². The molecule has 1 heterocycles. The van der Waals surface area contributed by atoms with Crippen LogP contribution in [0.4, 0.5) is 14.9 Å². The Morgan fingerprint density at radius 3 is 2.60 bits per heavy atom. The first-order valence-corrected chi connectivity index (χ1v) is 8.36. The SMILES string of the molecule is CC[C@@H](C)CN(C)C(=O)Nc1cccn(Cc2ccc(F)cc2)c1=O. The van der Waals surface area contributed by atoms with Crippen molar-refractivity contribution >= 4 is 11.7 Å². The molecule has 0 aliphatic carbocycles. The normalized spacial score (nSPS) is 11.8. The van der Waals surface area contributed by atoms with Gasteiger partial charge in [-0.1, -0.05) is 32.4 Å². The van der Waals surface area contributed by atoms with E-state index in [1.54, 1.807) is 42.4 Å². The number of pyridine rings is 1. The van der Waals surface area contributed by atoms with Crippen LogP contribution in [0.1, 0.15) is 25.8 Å². The molecule has 1 N–H and O–H groups in total. The first-order chi connectivity index (χ1) is 11.9. The van der Waals surface area contributed by atoms with Crippen molar-refractivity contribution in [3.05, 3.63) is 64.3 Å². The van der Waals surface area contributed by atoms with Gasteiger partial charge >= 0.3 is 6.03 Å². The zero-order valence-corrected chi connectivity index (χ0v) is 14.8. The van der Waals surface area contributed by atoms with Gasteiger partial charge in [0.2, 0.25) is 0 Å². The van der Waals surface area contributed by atoms with E-state index < -0.39 is 0 Å². The molecular formula is C19H24FN3O2. The summed E-state index contributed by atoms with van der Waals surface area (Å²) < 4.78 is 14.5. The molecule has 1 aromatic carbocycles. The van der Waals surface area contributed by atoms with E-state index in [-0.39, 0.29) is 23.1 Å². The number of urea groups is 1. The molecule has 5 nitrogen and oxygen atoms in total. The van der Waals surface area contributed by atoms with E-state index in [2.05, 4.69) is 19.2 Å². The highest BCUT2D eigenvalue weighted by Crippen LogP contribution is 2.07. The van der Waals surface area contributed by atoms with E-state index in [1.165, 1.54) is 16.7 Å². The van der Waals surface area contributed by atoms with E-state index in [1.807, 2.05) is 0 Å². The Morgan fingerprint density at radius 2 is 1.96 bits per heavy atom. The lowest BCUT2D eigenvalue weighted by Gasteiger charge is -2.21. The summed E-state index contributed by atoms with van der Waals surface area (Å²) >= 11 is 0. The van der Waals surface area contributed by atoms with Crippen LogP contribution in [0.25, 0.3) is 0 Å². The lowest BCUT2D eigenvalue weighted by molar-refractivity contribution is 0.215. The molecule has 0 aliphatic rings. The Hall–Kier alpha value is -2.63. The minimum atomic E-state index is -0.318. The second-order valence-corrected chi connectivity index (χ2v) is 6.31. The highest BCUT2D eigenvalue weighted by Gasteiger charge is 2.13. The van der Waals surface area contributed by atoms with Gasteiger partial charge < -0.3 is 14.8 Å². The standard InChI is InChI=1S/C19H24FN3O2/c1-4-14(2)12-22(3)19(25)21-17-6-5-11-23(18(17)24)13-15-7-9-16(20)10-8-15/h5-11,14H,4,12-13H2,1-3H3,(H,21,25)/t14-/m1/s1. The van der Waals surface area contributed by atoms with Crippen molar-refractivity contribution in [2.75, 3.05) is 18.9 Å². The molecule has 0 aliphatic heterocycles. The van der Waals surface area contributed by atoms with E-state index in [9.17, 15) is 14.0 Å². The van der Waals surface area contributed by atoms with Crippen LogP contribution in [0.15, 0.2) is 47.4 Å². The fourth-order valence-corrected chi connectivity index (χ4v) is 2.43. The molecule has 25 heavy (non-hydrogen) atoms. The van der Waals surface area contributed by atoms with E-state index in [4.69, 9.17) is 0 Å². The topological polar surface area (TPSA) is 54.3 Å². The molecule has 6 heteroatoms. The summed E-state index contributed by atoms with van der Waals surface area (Å²) in [7, 11) is 1.71. The van der Waals surface area contributed by atoms with Gasteiger partial charge in [-0.05, 0) is 35.7 Å². The first kappa shape index (κ1) is 18.7. The van der Waals surface area contributed by atoms with Gasteiger partial charge in [-0.15, -0.1) is 0 Å². The van der Waals surface area contributed by atoms with Crippen LogP contribution >= 0.6 is 0 Å². The average Bonchev–Trinajstić information content (AvgIpc) is 2.60. The molecule has 0 fully saturated rings. The molecule has 134 valence electrons. The van der Waals surface area contributed by atoms with Crippen molar-refractivity contribution < 1.29 is 9.18 Å². The van der Waals surface area contributed by atoms with Crippen LogP contribution in [0.5, 0.6) is 0 Å². The van der Waals surface area contributed by atoms with Gasteiger partial charge in [0.1, 0.15) is 11.5 Å². The molecule has 0 saturated carbocycles. The van der Waals surface area contributed by atoms with Crippen molar-refractivity contribution in [3.63, 3.8) is 0 Å². The van der Waals surface area contributed by atoms with Gasteiger partial charge in [0.25, 0.3) is 5.56 Å². The summed E-state index contributed by atoms with van der Waals surface area (Å²) in [5, 5.41) is 2.67. The third-order valence-electron chi connectivity index (χ3n) is 4.16. The molecule has 2 amide bonds. The third kappa shape index (κ3) is 5.17. The van der Waals surface area contributed by atoms with E-state index in [0.29, 0.717) is 19.0 Å². The van der Waals surface area contributed by atoms with Gasteiger partial charge in [-0.2, -0.15) is 0 Å². The van der Waals surface area contributed by atoms with Crippen molar-refractivity contribution in [2.24, 2.45) is 5.92 Å². The quantitative estimate of drug-likeness (QED) is 0.870. The molecule has 0 radical (unpaired) electrons. The third-order valence-corrected chi connectivity index (χ3v) is 4.16. The number of anilines is 1. The zero-order valence-electron chi connectivity index (χ0n) is 14.8. The van der Waals surface area contributed by atoms with Crippen molar-refractivity contribution in [3.8, 4) is 0 Å². The van der Waals surface area contributed by atoms with Crippen LogP contribution in [0, 0.1) is 11.7 Å². The van der Waals surface area contributed by atoms with Crippen LogP contribution in [-0.2, 0) is 6.54 Å². The molecule has 2 rings (SSSR count). The van der Waals surface area contributed by atoms with E-state index >= 15 is 0 Å². The van der Waals surface area contributed by atoms with Gasteiger partial charge in [-0.25, -0.2) is 9.18 Å². The van der Waals surface area contributed by atoms with Gasteiger partial charge in [0.15, 0.2) is 0 Å². The molecule has 0 saturated heterocycles. The molecule has 0 unspecified atom stereocenters. The lowest BCUT2D eigenvalue weighted by Crippen LogP contribution is -2.36. The number of benzene rings is 1. The summed E-state index contributed by atoms with van der Waals surface area (Å²) in [6, 6.07) is 8.95. The Kier molecular flexibility index (Phi) is 6.33. The summed E-state index contributed by atoms with van der Waals surface area (Å²) in [6.07, 6.45) is 2.62. The average molecular weight is 345 g/mol. The largest absolute Gasteiger partial charge is 0.327 e. The number of hydrogen-bond acceptors (Lipinski definition) is 2. The van der Waals surface area contributed by atoms with Crippen molar-refractivity contribution in [1.82, 2.24) is 9.47 Å². The van der Waals surface area contributed by atoms with Crippen molar-refractivity contribution in [1.29, 1.82) is 0 Å². The maximum Gasteiger partial charge on any atom is 0.321 e. The monoisotopic (exact) mass is 345 g/mol. The summed E-state index contributed by atoms with van der Waals surface area (Å²) in [4.78, 5) is 26.4. The number of amides is 2. The Morgan fingerprint density at radius 1 is 1.28 bits per heavy atom. The molecular weight excluding hydrogens is 321 g/mol. The van der Waals surface area contributed by atoms with Crippen molar-refractivity contribution in [2.45, 2.75) is 26.8 Å². The Labute approximate surface area is 147 Å². The van der Waals surface area contributed by atoms with Gasteiger partial charge in [-0.3, -0.25) is 4.79 Å². The number of nitrogens with zero attached hydrogens (tertiary/aromatic N) is 2. The Bertz CT molecular complexity index is 771. The second-order valence-electron chi connectivity index (χ2n) is 6.31. The van der Waals surface area contributed by atoms with Gasteiger partial charge in [0.05, 0.1) is 6.54 Å². The molecule has 2 aromatic rings.